The molecule has 0 amide bonds. The first-order valence-corrected chi connectivity index (χ1v) is 7.43. The summed E-state index contributed by atoms with van der Waals surface area (Å²) in [6.45, 7) is 3.41. The summed E-state index contributed by atoms with van der Waals surface area (Å²) < 4.78 is 0. The molecule has 1 aromatic carbocycles. The van der Waals surface area contributed by atoms with Crippen LogP contribution in [0.5, 0.6) is 0 Å². The summed E-state index contributed by atoms with van der Waals surface area (Å²) in [7, 11) is 2.07. The van der Waals surface area contributed by atoms with Crippen molar-refractivity contribution in [3.63, 3.8) is 0 Å². The van der Waals surface area contributed by atoms with Gasteiger partial charge < -0.3 is 5.73 Å². The number of nitrogens with two attached hydrogens (primary N) is 1. The lowest BCUT2D eigenvalue weighted by atomic mass is 10.1. The lowest BCUT2D eigenvalue weighted by Crippen LogP contribution is -2.30. The summed E-state index contributed by atoms with van der Waals surface area (Å²) >= 11 is 7.94. The van der Waals surface area contributed by atoms with Crippen LogP contribution in [0.4, 0.5) is 0 Å². The SMILES string of the molecule is Cc1ncsc1CN(C)C(CN)c1ccccc1Cl. The van der Waals surface area contributed by atoms with Gasteiger partial charge in [-0.15, -0.1) is 11.3 Å². The molecule has 5 heteroatoms. The molecule has 2 rings (SSSR count). The maximum atomic E-state index is 6.26. The van der Waals surface area contributed by atoms with Crippen molar-refractivity contribution in [1.29, 1.82) is 0 Å². The Bertz CT molecular complexity index is 541. The average Bonchev–Trinajstić information content (AvgIpc) is 2.78. The zero-order valence-electron chi connectivity index (χ0n) is 11.1. The average molecular weight is 296 g/mol. The van der Waals surface area contributed by atoms with Crippen molar-refractivity contribution in [3.05, 3.63) is 50.9 Å². The molecule has 19 heavy (non-hydrogen) atoms. The third-order valence-corrected chi connectivity index (χ3v) is 4.52. The minimum atomic E-state index is 0.121. The van der Waals surface area contributed by atoms with E-state index in [1.807, 2.05) is 36.7 Å². The van der Waals surface area contributed by atoms with Gasteiger partial charge in [-0.3, -0.25) is 4.90 Å². The largest absolute Gasteiger partial charge is 0.329 e. The summed E-state index contributed by atoms with van der Waals surface area (Å²) in [4.78, 5) is 7.77. The van der Waals surface area contributed by atoms with Gasteiger partial charge in [0.05, 0.1) is 11.2 Å². The first-order chi connectivity index (χ1) is 9.13. The molecular formula is C14H18ClN3S. The number of benzene rings is 1. The molecule has 0 aliphatic rings. The summed E-state index contributed by atoms with van der Waals surface area (Å²) in [6, 6.07) is 8.00. The molecule has 1 atom stereocenters. The minimum Gasteiger partial charge on any atom is -0.329 e. The number of thiazole rings is 1. The molecule has 2 aromatic rings. The van der Waals surface area contributed by atoms with Gasteiger partial charge in [0.1, 0.15) is 0 Å². The second kappa shape index (κ2) is 6.48. The lowest BCUT2D eigenvalue weighted by molar-refractivity contribution is 0.243. The van der Waals surface area contributed by atoms with E-state index in [2.05, 4.69) is 16.9 Å². The Morgan fingerprint density at radius 1 is 1.42 bits per heavy atom. The van der Waals surface area contributed by atoms with Crippen LogP contribution in [-0.4, -0.2) is 23.5 Å². The fourth-order valence-corrected chi connectivity index (χ4v) is 3.21. The molecular weight excluding hydrogens is 278 g/mol. The van der Waals surface area contributed by atoms with Gasteiger partial charge in [-0.05, 0) is 25.6 Å². The van der Waals surface area contributed by atoms with Crippen molar-refractivity contribution < 1.29 is 0 Å². The fraction of sp³-hybridized carbons (Fsp3) is 0.357. The molecule has 0 saturated heterocycles. The van der Waals surface area contributed by atoms with Crippen molar-refractivity contribution in [2.24, 2.45) is 5.73 Å². The van der Waals surface area contributed by atoms with Gasteiger partial charge in [-0.1, -0.05) is 29.8 Å². The van der Waals surface area contributed by atoms with E-state index in [1.165, 1.54) is 4.88 Å². The highest BCUT2D eigenvalue weighted by atomic mass is 35.5. The monoisotopic (exact) mass is 295 g/mol. The summed E-state index contributed by atoms with van der Waals surface area (Å²) in [5.74, 6) is 0. The number of hydrogen-bond donors (Lipinski definition) is 1. The third-order valence-electron chi connectivity index (χ3n) is 3.26. The molecule has 3 nitrogen and oxygen atoms in total. The molecule has 0 fully saturated rings. The molecule has 1 aromatic heterocycles. The van der Waals surface area contributed by atoms with E-state index in [0.29, 0.717) is 6.54 Å². The molecule has 0 radical (unpaired) electrons. The highest BCUT2D eigenvalue weighted by molar-refractivity contribution is 7.09. The molecule has 1 heterocycles. The molecule has 0 saturated carbocycles. The number of halogens is 1. The van der Waals surface area contributed by atoms with Crippen LogP contribution in [0.25, 0.3) is 0 Å². The number of aryl methyl sites for hydroxylation is 1. The molecule has 0 spiro atoms. The van der Waals surface area contributed by atoms with E-state index in [-0.39, 0.29) is 6.04 Å². The topological polar surface area (TPSA) is 42.2 Å². The zero-order chi connectivity index (χ0) is 13.8. The number of hydrogen-bond acceptors (Lipinski definition) is 4. The van der Waals surface area contributed by atoms with Gasteiger partial charge in [0.25, 0.3) is 0 Å². The Hall–Kier alpha value is -0.940. The number of nitrogens with zero attached hydrogens (tertiary/aromatic N) is 2. The Balaban J connectivity index is 2.18. The van der Waals surface area contributed by atoms with E-state index in [1.54, 1.807) is 11.3 Å². The van der Waals surface area contributed by atoms with Crippen molar-refractivity contribution in [2.75, 3.05) is 13.6 Å². The van der Waals surface area contributed by atoms with Crippen LogP contribution in [-0.2, 0) is 6.54 Å². The van der Waals surface area contributed by atoms with Crippen molar-refractivity contribution in [2.45, 2.75) is 19.5 Å². The van der Waals surface area contributed by atoms with Gasteiger partial charge in [-0.2, -0.15) is 0 Å². The van der Waals surface area contributed by atoms with E-state index in [9.17, 15) is 0 Å². The molecule has 0 bridgehead atoms. The van der Waals surface area contributed by atoms with Crippen LogP contribution >= 0.6 is 22.9 Å². The molecule has 1 unspecified atom stereocenters. The number of likely N-dealkylation sites (N-methyl/N-ethyl adjacent to an activating group) is 1. The Morgan fingerprint density at radius 3 is 2.74 bits per heavy atom. The van der Waals surface area contributed by atoms with Gasteiger partial charge >= 0.3 is 0 Å². The van der Waals surface area contributed by atoms with Crippen LogP contribution in [0, 0.1) is 6.92 Å². The second-order valence-electron chi connectivity index (χ2n) is 4.55. The Morgan fingerprint density at radius 2 is 2.16 bits per heavy atom. The summed E-state index contributed by atoms with van der Waals surface area (Å²) in [5, 5.41) is 0.769. The first kappa shape index (κ1) is 14.5. The highest BCUT2D eigenvalue weighted by Crippen LogP contribution is 2.27. The number of rotatable bonds is 5. The van der Waals surface area contributed by atoms with Crippen LogP contribution in [0.1, 0.15) is 22.2 Å². The Labute approximate surface area is 123 Å². The molecule has 102 valence electrons. The van der Waals surface area contributed by atoms with Crippen LogP contribution in [0.2, 0.25) is 5.02 Å². The Kier molecular flexibility index (Phi) is 4.93. The van der Waals surface area contributed by atoms with Crippen molar-refractivity contribution in [1.82, 2.24) is 9.88 Å². The molecule has 0 aliphatic carbocycles. The smallest absolute Gasteiger partial charge is 0.0798 e. The maximum absolute atomic E-state index is 6.26. The normalized spacial score (nSPS) is 12.9. The second-order valence-corrected chi connectivity index (χ2v) is 5.90. The quantitative estimate of drug-likeness (QED) is 0.921. The highest BCUT2D eigenvalue weighted by Gasteiger charge is 2.19. The summed E-state index contributed by atoms with van der Waals surface area (Å²) in [5.41, 5.74) is 9.98. The van der Waals surface area contributed by atoms with E-state index < -0.39 is 0 Å². The van der Waals surface area contributed by atoms with E-state index in [0.717, 1.165) is 22.8 Å². The minimum absolute atomic E-state index is 0.121. The molecule has 2 N–H and O–H groups in total. The standard InChI is InChI=1S/C14H18ClN3S/c1-10-14(19-9-17-10)8-18(2)13(7-16)11-5-3-4-6-12(11)15/h3-6,9,13H,7-8,16H2,1-2H3. The maximum Gasteiger partial charge on any atom is 0.0798 e. The number of aromatic nitrogens is 1. The van der Waals surface area contributed by atoms with Crippen LogP contribution in [0.15, 0.2) is 29.8 Å². The van der Waals surface area contributed by atoms with Gasteiger partial charge in [0, 0.05) is 29.0 Å². The lowest BCUT2D eigenvalue weighted by Gasteiger charge is -2.27. The first-order valence-electron chi connectivity index (χ1n) is 6.17. The van der Waals surface area contributed by atoms with Gasteiger partial charge in [0.15, 0.2) is 0 Å². The fourth-order valence-electron chi connectivity index (χ4n) is 2.10. The molecule has 0 aliphatic heterocycles. The van der Waals surface area contributed by atoms with Crippen molar-refractivity contribution >= 4 is 22.9 Å². The van der Waals surface area contributed by atoms with E-state index in [4.69, 9.17) is 17.3 Å². The van der Waals surface area contributed by atoms with Crippen LogP contribution in [0.3, 0.4) is 0 Å². The van der Waals surface area contributed by atoms with E-state index >= 15 is 0 Å². The van der Waals surface area contributed by atoms with Gasteiger partial charge in [0.2, 0.25) is 0 Å². The predicted octanol–water partition coefficient (Wildman–Crippen LogP) is 3.24. The van der Waals surface area contributed by atoms with Crippen LogP contribution < -0.4 is 5.73 Å². The predicted molar refractivity (Wildman–Crippen MR) is 81.6 cm³/mol. The van der Waals surface area contributed by atoms with Crippen molar-refractivity contribution in [3.8, 4) is 0 Å². The zero-order valence-corrected chi connectivity index (χ0v) is 12.7. The third kappa shape index (κ3) is 3.34. The van der Waals surface area contributed by atoms with Gasteiger partial charge in [-0.25, -0.2) is 4.98 Å². The summed E-state index contributed by atoms with van der Waals surface area (Å²) in [6.07, 6.45) is 0.